The molecular formula is C24H24N4O3S2. The van der Waals surface area contributed by atoms with Crippen molar-refractivity contribution in [3.8, 4) is 5.75 Å². The summed E-state index contributed by atoms with van der Waals surface area (Å²) in [4.78, 5) is 27.7. The molecule has 0 spiro atoms. The van der Waals surface area contributed by atoms with E-state index in [0.29, 0.717) is 18.0 Å². The summed E-state index contributed by atoms with van der Waals surface area (Å²) < 4.78 is 12.2. The third-order valence-corrected chi connectivity index (χ3v) is 7.91. The number of pyridine rings is 1. The van der Waals surface area contributed by atoms with Crippen molar-refractivity contribution in [3.05, 3.63) is 47.9 Å². The van der Waals surface area contributed by atoms with Crippen molar-refractivity contribution in [3.63, 3.8) is 0 Å². The van der Waals surface area contributed by atoms with Crippen molar-refractivity contribution in [2.24, 2.45) is 0 Å². The van der Waals surface area contributed by atoms with Gasteiger partial charge in [-0.15, -0.1) is 11.3 Å². The molecule has 0 saturated heterocycles. The monoisotopic (exact) mass is 480 g/mol. The van der Waals surface area contributed by atoms with Crippen LogP contribution in [0.4, 0.5) is 5.69 Å². The highest BCUT2D eigenvalue weighted by atomic mass is 32.2. The number of hydrogen-bond acceptors (Lipinski definition) is 8. The first-order valence-corrected chi connectivity index (χ1v) is 12.3. The molecule has 33 heavy (non-hydrogen) atoms. The van der Waals surface area contributed by atoms with Gasteiger partial charge in [-0.1, -0.05) is 17.8 Å². The van der Waals surface area contributed by atoms with Gasteiger partial charge in [0.25, 0.3) is 0 Å². The number of benzene rings is 1. The number of carbonyl (C=O) groups excluding carboxylic acids is 1. The van der Waals surface area contributed by atoms with Gasteiger partial charge in [-0.3, -0.25) is 4.79 Å². The number of carbonyl (C=O) groups is 1. The molecule has 0 aliphatic carbocycles. The molecule has 0 saturated carbocycles. The van der Waals surface area contributed by atoms with E-state index in [1.165, 1.54) is 11.8 Å². The lowest BCUT2D eigenvalue weighted by atomic mass is 9.95. The van der Waals surface area contributed by atoms with E-state index in [2.05, 4.69) is 35.2 Å². The zero-order chi connectivity index (χ0) is 23.2. The predicted molar refractivity (Wildman–Crippen MR) is 132 cm³/mol. The minimum absolute atomic E-state index is 0.103. The molecule has 0 unspecified atom stereocenters. The summed E-state index contributed by atoms with van der Waals surface area (Å²) in [6.07, 6.45) is 2.34. The van der Waals surface area contributed by atoms with Crippen LogP contribution in [0.3, 0.4) is 0 Å². The van der Waals surface area contributed by atoms with Crippen molar-refractivity contribution in [2.45, 2.75) is 49.7 Å². The van der Waals surface area contributed by atoms with Crippen molar-refractivity contribution in [1.82, 2.24) is 15.0 Å². The number of fused-ring (bicyclic) bond motifs is 4. The minimum Gasteiger partial charge on any atom is -0.497 e. The molecule has 1 aliphatic rings. The number of methoxy groups -OCH3 is 1. The molecule has 5 rings (SSSR count). The first-order chi connectivity index (χ1) is 15.8. The molecule has 0 fully saturated rings. The number of hydrogen-bond donors (Lipinski definition) is 1. The smallest absolute Gasteiger partial charge is 0.237 e. The Labute approximate surface area is 199 Å². The van der Waals surface area contributed by atoms with Crippen LogP contribution in [0, 0.1) is 0 Å². The third-order valence-electron chi connectivity index (χ3n) is 5.59. The Kier molecular flexibility index (Phi) is 5.72. The normalized spacial score (nSPS) is 15.9. The molecule has 3 aromatic heterocycles. The highest BCUT2D eigenvalue weighted by Gasteiger charge is 2.28. The number of nitrogens with one attached hydrogen (secondary N) is 1. The van der Waals surface area contributed by atoms with Gasteiger partial charge in [-0.05, 0) is 39.0 Å². The van der Waals surface area contributed by atoms with E-state index >= 15 is 0 Å². The zero-order valence-corrected chi connectivity index (χ0v) is 20.5. The maximum Gasteiger partial charge on any atom is 0.237 e. The van der Waals surface area contributed by atoms with Crippen LogP contribution in [-0.2, 0) is 22.6 Å². The molecule has 170 valence electrons. The second-order valence-corrected chi connectivity index (χ2v) is 10.9. The second kappa shape index (κ2) is 8.55. The van der Waals surface area contributed by atoms with Crippen LogP contribution in [-0.4, -0.2) is 38.8 Å². The Morgan fingerprint density at radius 2 is 2.15 bits per heavy atom. The summed E-state index contributed by atoms with van der Waals surface area (Å²) in [5.74, 6) is 0.592. The highest BCUT2D eigenvalue weighted by molar-refractivity contribution is 8.00. The Hall–Kier alpha value is -2.75. The lowest BCUT2D eigenvalue weighted by molar-refractivity contribution is -0.115. The maximum absolute atomic E-state index is 12.8. The van der Waals surface area contributed by atoms with Gasteiger partial charge in [-0.25, -0.2) is 15.0 Å². The number of anilines is 1. The molecule has 1 atom stereocenters. The van der Waals surface area contributed by atoms with E-state index in [1.54, 1.807) is 30.8 Å². The van der Waals surface area contributed by atoms with Crippen molar-refractivity contribution in [2.75, 3.05) is 12.4 Å². The van der Waals surface area contributed by atoms with Gasteiger partial charge < -0.3 is 14.8 Å². The minimum atomic E-state index is -0.352. The molecular weight excluding hydrogens is 456 g/mol. The lowest BCUT2D eigenvalue weighted by Gasteiger charge is -2.30. The Balaban J connectivity index is 1.42. The molecule has 4 aromatic rings. The molecule has 1 aromatic carbocycles. The van der Waals surface area contributed by atoms with Crippen molar-refractivity contribution >= 4 is 55.1 Å². The van der Waals surface area contributed by atoms with Crippen LogP contribution in [0.2, 0.25) is 0 Å². The number of ether oxygens (including phenoxy) is 2. The van der Waals surface area contributed by atoms with Gasteiger partial charge in [0.1, 0.15) is 21.9 Å². The van der Waals surface area contributed by atoms with Gasteiger partial charge in [0.05, 0.1) is 40.5 Å². The third kappa shape index (κ3) is 4.40. The largest absolute Gasteiger partial charge is 0.497 e. The standard InChI is InChI=1S/C24H24N4O3S2/c1-13(21(29)27-15-6-5-7-16(9-15)30-4)32-23-20-19(25-12-26-23)17-8-14-11-31-24(2,3)10-18(14)28-22(17)33-20/h5-9,12-13H,10-11H2,1-4H3,(H,27,29)/t13-/m1/s1. The fourth-order valence-corrected chi connectivity index (χ4v) is 5.91. The first kappa shape index (κ1) is 22.1. The van der Waals surface area contributed by atoms with Crippen LogP contribution in [0.25, 0.3) is 20.4 Å². The second-order valence-electron chi connectivity index (χ2n) is 8.61. The number of thioether (sulfide) groups is 1. The van der Waals surface area contributed by atoms with E-state index in [0.717, 1.165) is 43.1 Å². The van der Waals surface area contributed by atoms with Gasteiger partial charge in [0.15, 0.2) is 0 Å². The van der Waals surface area contributed by atoms with Crippen LogP contribution < -0.4 is 10.1 Å². The number of nitrogens with zero attached hydrogens (tertiary/aromatic N) is 3. The van der Waals surface area contributed by atoms with Crippen molar-refractivity contribution in [1.29, 1.82) is 0 Å². The van der Waals surface area contributed by atoms with Crippen LogP contribution in [0.1, 0.15) is 32.0 Å². The quantitative estimate of drug-likeness (QED) is 0.310. The van der Waals surface area contributed by atoms with E-state index < -0.39 is 0 Å². The lowest BCUT2D eigenvalue weighted by Crippen LogP contribution is -2.32. The van der Waals surface area contributed by atoms with Crippen molar-refractivity contribution < 1.29 is 14.3 Å². The van der Waals surface area contributed by atoms with Crippen LogP contribution >= 0.6 is 23.1 Å². The maximum atomic E-state index is 12.8. The number of thiophene rings is 1. The first-order valence-electron chi connectivity index (χ1n) is 10.6. The summed E-state index contributed by atoms with van der Waals surface area (Å²) in [6.45, 7) is 6.60. The number of amides is 1. The van der Waals surface area contributed by atoms with E-state index in [1.807, 2.05) is 25.1 Å². The fraction of sp³-hybridized carbons (Fsp3) is 0.333. The van der Waals surface area contributed by atoms with Crippen LogP contribution in [0.15, 0.2) is 41.7 Å². The van der Waals surface area contributed by atoms with Gasteiger partial charge in [0.2, 0.25) is 5.91 Å². The molecule has 1 N–H and O–H groups in total. The molecule has 7 nitrogen and oxygen atoms in total. The van der Waals surface area contributed by atoms with E-state index in [4.69, 9.17) is 14.5 Å². The molecule has 0 bridgehead atoms. The summed E-state index contributed by atoms with van der Waals surface area (Å²) in [5, 5.41) is 4.39. The zero-order valence-electron chi connectivity index (χ0n) is 18.8. The summed E-state index contributed by atoms with van der Waals surface area (Å²) in [6, 6.07) is 9.46. The summed E-state index contributed by atoms with van der Waals surface area (Å²) in [5.41, 5.74) is 3.55. The fourth-order valence-electron chi connectivity index (χ4n) is 3.81. The average Bonchev–Trinajstić information content (AvgIpc) is 3.15. The SMILES string of the molecule is COc1cccc(NC(=O)[C@@H](C)Sc2ncnc3c2sc2nc4c(cc23)COC(C)(C)C4)c1. The Bertz CT molecular complexity index is 1370. The van der Waals surface area contributed by atoms with Crippen LogP contribution in [0.5, 0.6) is 5.75 Å². The Morgan fingerprint density at radius 3 is 2.97 bits per heavy atom. The highest BCUT2D eigenvalue weighted by Crippen LogP contribution is 2.39. The molecule has 0 radical (unpaired) electrons. The van der Waals surface area contributed by atoms with Gasteiger partial charge >= 0.3 is 0 Å². The number of aromatic nitrogens is 3. The predicted octanol–water partition coefficient (Wildman–Crippen LogP) is 5.22. The number of rotatable bonds is 5. The topological polar surface area (TPSA) is 86.2 Å². The van der Waals surface area contributed by atoms with E-state index in [-0.39, 0.29) is 16.8 Å². The molecule has 1 aliphatic heterocycles. The average molecular weight is 481 g/mol. The summed E-state index contributed by atoms with van der Waals surface area (Å²) >= 11 is 3.00. The Morgan fingerprint density at radius 1 is 1.30 bits per heavy atom. The van der Waals surface area contributed by atoms with Gasteiger partial charge in [-0.2, -0.15) is 0 Å². The van der Waals surface area contributed by atoms with Gasteiger partial charge in [0, 0.05) is 29.1 Å². The van der Waals surface area contributed by atoms with E-state index in [9.17, 15) is 4.79 Å². The molecule has 4 heterocycles. The molecule has 1 amide bonds. The molecule has 9 heteroatoms. The summed E-state index contributed by atoms with van der Waals surface area (Å²) in [7, 11) is 1.60.